The van der Waals surface area contributed by atoms with E-state index < -0.39 is 0 Å². The molecule has 0 saturated carbocycles. The number of rotatable bonds is 6. The maximum absolute atomic E-state index is 12.0. The fourth-order valence-electron chi connectivity index (χ4n) is 3.21. The summed E-state index contributed by atoms with van der Waals surface area (Å²) in [5.74, 6) is 2.45. The highest BCUT2D eigenvalue weighted by Gasteiger charge is 2.13. The van der Waals surface area contributed by atoms with E-state index in [0.717, 1.165) is 46.9 Å². The standard InChI is InChI=1S/C20H22N4O3/c1-14-23-16-5-2-3-6-17(16)24(14)10-4-9-21-20(25)22-12-15-7-8-18-19(11-15)27-13-26-18/h2-3,5-8,11H,4,9-10,12-13H2,1H3,(H2,21,22,25). The van der Waals surface area contributed by atoms with Gasteiger partial charge in [-0.2, -0.15) is 0 Å². The molecule has 0 bridgehead atoms. The Morgan fingerprint density at radius 1 is 1.15 bits per heavy atom. The first-order valence-electron chi connectivity index (χ1n) is 9.03. The lowest BCUT2D eigenvalue weighted by molar-refractivity contribution is 0.174. The van der Waals surface area contributed by atoms with Crippen LogP contribution in [0.15, 0.2) is 42.5 Å². The van der Waals surface area contributed by atoms with Crippen LogP contribution in [-0.4, -0.2) is 28.9 Å². The highest BCUT2D eigenvalue weighted by Crippen LogP contribution is 2.32. The predicted octanol–water partition coefficient (Wildman–Crippen LogP) is 2.96. The zero-order valence-electron chi connectivity index (χ0n) is 15.2. The van der Waals surface area contributed by atoms with Gasteiger partial charge in [0.25, 0.3) is 0 Å². The minimum absolute atomic E-state index is 0.181. The molecule has 7 nitrogen and oxygen atoms in total. The summed E-state index contributed by atoms with van der Waals surface area (Å²) in [7, 11) is 0. The molecule has 1 aromatic heterocycles. The second kappa shape index (κ2) is 7.57. The van der Waals surface area contributed by atoms with Gasteiger partial charge in [0.2, 0.25) is 6.79 Å². The topological polar surface area (TPSA) is 77.4 Å². The third-order valence-electron chi connectivity index (χ3n) is 4.58. The number of urea groups is 1. The van der Waals surface area contributed by atoms with Gasteiger partial charge in [-0.25, -0.2) is 9.78 Å². The van der Waals surface area contributed by atoms with Crippen LogP contribution in [-0.2, 0) is 13.1 Å². The summed E-state index contributed by atoms with van der Waals surface area (Å²) < 4.78 is 12.8. The number of carbonyl (C=O) groups is 1. The van der Waals surface area contributed by atoms with Crippen molar-refractivity contribution in [2.45, 2.75) is 26.4 Å². The third-order valence-corrected chi connectivity index (χ3v) is 4.58. The van der Waals surface area contributed by atoms with Crippen LogP contribution in [0.1, 0.15) is 17.8 Å². The zero-order valence-corrected chi connectivity index (χ0v) is 15.2. The van der Waals surface area contributed by atoms with E-state index in [1.165, 1.54) is 0 Å². The van der Waals surface area contributed by atoms with Crippen molar-refractivity contribution in [3.8, 4) is 11.5 Å². The molecule has 0 radical (unpaired) electrons. The Labute approximate surface area is 157 Å². The van der Waals surface area contributed by atoms with E-state index in [-0.39, 0.29) is 12.8 Å². The molecule has 0 spiro atoms. The smallest absolute Gasteiger partial charge is 0.315 e. The minimum atomic E-state index is -0.181. The first kappa shape index (κ1) is 17.2. The van der Waals surface area contributed by atoms with Gasteiger partial charge < -0.3 is 24.7 Å². The average Bonchev–Trinajstić information content (AvgIpc) is 3.27. The first-order chi connectivity index (χ1) is 13.2. The number of hydrogen-bond donors (Lipinski definition) is 2. The Morgan fingerprint density at radius 3 is 2.93 bits per heavy atom. The van der Waals surface area contributed by atoms with Crippen molar-refractivity contribution in [1.29, 1.82) is 0 Å². The molecule has 0 fully saturated rings. The monoisotopic (exact) mass is 366 g/mol. The van der Waals surface area contributed by atoms with Crippen molar-refractivity contribution in [2.24, 2.45) is 0 Å². The number of benzene rings is 2. The van der Waals surface area contributed by atoms with Crippen molar-refractivity contribution in [1.82, 2.24) is 20.2 Å². The fraction of sp³-hybridized carbons (Fsp3) is 0.300. The van der Waals surface area contributed by atoms with Gasteiger partial charge in [-0.1, -0.05) is 18.2 Å². The summed E-state index contributed by atoms with van der Waals surface area (Å²) in [5, 5.41) is 5.75. The van der Waals surface area contributed by atoms with Gasteiger partial charge >= 0.3 is 6.03 Å². The van der Waals surface area contributed by atoms with Crippen molar-refractivity contribution >= 4 is 17.1 Å². The second-order valence-corrected chi connectivity index (χ2v) is 6.45. The number of amides is 2. The van der Waals surface area contributed by atoms with E-state index in [1.54, 1.807) is 0 Å². The van der Waals surface area contributed by atoms with Crippen LogP contribution < -0.4 is 20.1 Å². The van der Waals surface area contributed by atoms with Gasteiger partial charge in [-0.05, 0) is 43.2 Å². The Kier molecular flexibility index (Phi) is 4.82. The summed E-state index contributed by atoms with van der Waals surface area (Å²) >= 11 is 0. The molecular weight excluding hydrogens is 344 g/mol. The Hall–Kier alpha value is -3.22. The molecule has 2 heterocycles. The second-order valence-electron chi connectivity index (χ2n) is 6.45. The Bertz CT molecular complexity index is 967. The highest BCUT2D eigenvalue weighted by atomic mass is 16.7. The molecular formula is C20H22N4O3. The predicted molar refractivity (Wildman–Crippen MR) is 102 cm³/mol. The van der Waals surface area contributed by atoms with E-state index in [0.29, 0.717) is 13.1 Å². The molecule has 0 saturated heterocycles. The number of imidazole rings is 1. The number of aryl methyl sites for hydroxylation is 2. The van der Waals surface area contributed by atoms with Crippen LogP contribution in [0.4, 0.5) is 4.79 Å². The number of ether oxygens (including phenoxy) is 2. The van der Waals surface area contributed by atoms with Crippen LogP contribution in [0.3, 0.4) is 0 Å². The van der Waals surface area contributed by atoms with Crippen molar-refractivity contribution in [3.63, 3.8) is 0 Å². The normalized spacial score (nSPS) is 12.3. The van der Waals surface area contributed by atoms with Gasteiger partial charge in [0.15, 0.2) is 11.5 Å². The lowest BCUT2D eigenvalue weighted by Gasteiger charge is -2.10. The molecule has 2 N–H and O–H groups in total. The van der Waals surface area contributed by atoms with E-state index in [4.69, 9.17) is 9.47 Å². The summed E-state index contributed by atoms with van der Waals surface area (Å²) in [6, 6.07) is 13.6. The fourth-order valence-corrected chi connectivity index (χ4v) is 3.21. The van der Waals surface area contributed by atoms with E-state index in [9.17, 15) is 4.79 Å². The molecule has 27 heavy (non-hydrogen) atoms. The van der Waals surface area contributed by atoms with Crippen LogP contribution >= 0.6 is 0 Å². The Morgan fingerprint density at radius 2 is 2.00 bits per heavy atom. The van der Waals surface area contributed by atoms with Gasteiger partial charge in [-0.15, -0.1) is 0 Å². The SMILES string of the molecule is Cc1nc2ccccc2n1CCCNC(=O)NCc1ccc2c(c1)OCO2. The minimum Gasteiger partial charge on any atom is -0.454 e. The third kappa shape index (κ3) is 3.81. The van der Waals surface area contributed by atoms with Crippen molar-refractivity contribution < 1.29 is 14.3 Å². The van der Waals surface area contributed by atoms with Gasteiger partial charge in [0, 0.05) is 19.6 Å². The van der Waals surface area contributed by atoms with Gasteiger partial charge in [-0.3, -0.25) is 0 Å². The number of nitrogens with one attached hydrogen (secondary N) is 2. The molecule has 4 rings (SSSR count). The number of hydrogen-bond acceptors (Lipinski definition) is 4. The number of nitrogens with zero attached hydrogens (tertiary/aromatic N) is 2. The summed E-state index contributed by atoms with van der Waals surface area (Å²) in [4.78, 5) is 16.6. The van der Waals surface area contributed by atoms with Gasteiger partial charge in [0.1, 0.15) is 5.82 Å². The van der Waals surface area contributed by atoms with Crippen LogP contribution in [0.5, 0.6) is 11.5 Å². The van der Waals surface area contributed by atoms with Crippen molar-refractivity contribution in [3.05, 3.63) is 53.9 Å². The molecule has 0 unspecified atom stereocenters. The van der Waals surface area contributed by atoms with Gasteiger partial charge in [0.05, 0.1) is 11.0 Å². The largest absolute Gasteiger partial charge is 0.454 e. The molecule has 140 valence electrons. The number of carbonyl (C=O) groups excluding carboxylic acids is 1. The number of fused-ring (bicyclic) bond motifs is 2. The molecule has 0 aliphatic carbocycles. The van der Waals surface area contributed by atoms with Crippen LogP contribution in [0.2, 0.25) is 0 Å². The molecule has 1 aliphatic heterocycles. The maximum atomic E-state index is 12.0. The summed E-state index contributed by atoms with van der Waals surface area (Å²) in [6.45, 7) is 4.10. The van der Waals surface area contributed by atoms with E-state index in [2.05, 4.69) is 26.3 Å². The molecule has 0 atom stereocenters. The zero-order chi connectivity index (χ0) is 18.6. The van der Waals surface area contributed by atoms with Crippen molar-refractivity contribution in [2.75, 3.05) is 13.3 Å². The molecule has 2 aromatic carbocycles. The average molecular weight is 366 g/mol. The first-order valence-corrected chi connectivity index (χ1v) is 9.03. The van der Waals surface area contributed by atoms with E-state index in [1.807, 2.05) is 43.3 Å². The molecule has 2 amide bonds. The highest BCUT2D eigenvalue weighted by molar-refractivity contribution is 5.76. The summed E-state index contributed by atoms with van der Waals surface area (Å²) in [5.41, 5.74) is 3.10. The molecule has 7 heteroatoms. The molecule has 3 aromatic rings. The van der Waals surface area contributed by atoms with E-state index >= 15 is 0 Å². The van der Waals surface area contributed by atoms with Crippen LogP contribution in [0.25, 0.3) is 11.0 Å². The molecule has 1 aliphatic rings. The number of para-hydroxylation sites is 2. The lowest BCUT2D eigenvalue weighted by Crippen LogP contribution is -2.35. The lowest BCUT2D eigenvalue weighted by atomic mass is 10.2. The Balaban J connectivity index is 1.22. The summed E-state index contributed by atoms with van der Waals surface area (Å²) in [6.07, 6.45) is 0.832. The van der Waals surface area contributed by atoms with Crippen LogP contribution in [0, 0.1) is 6.92 Å². The maximum Gasteiger partial charge on any atom is 0.315 e. The number of aromatic nitrogens is 2. The quantitative estimate of drug-likeness (QED) is 0.658.